The number of amides is 2. The topological polar surface area (TPSA) is 60.9 Å². The Kier molecular flexibility index (Phi) is 4.59. The van der Waals surface area contributed by atoms with Crippen LogP contribution in [-0.4, -0.2) is 51.6 Å². The van der Waals surface area contributed by atoms with Gasteiger partial charge in [-0.05, 0) is 12.1 Å². The minimum absolute atomic E-state index is 0.262. The normalized spacial score (nSPS) is 18.6. The van der Waals surface area contributed by atoms with E-state index in [0.717, 1.165) is 4.88 Å². The van der Waals surface area contributed by atoms with Crippen LogP contribution in [0.15, 0.2) is 12.1 Å². The number of hydrogen-bond acceptors (Lipinski definition) is 4. The third kappa shape index (κ3) is 3.34. The lowest BCUT2D eigenvalue weighted by Crippen LogP contribution is -2.47. The number of urea groups is 1. The van der Waals surface area contributed by atoms with Crippen LogP contribution in [0.25, 0.3) is 0 Å². The van der Waals surface area contributed by atoms with Gasteiger partial charge in [-0.25, -0.2) is 9.59 Å². The van der Waals surface area contributed by atoms with Gasteiger partial charge in [0.25, 0.3) is 0 Å². The van der Waals surface area contributed by atoms with E-state index in [4.69, 9.17) is 16.7 Å². The largest absolute Gasteiger partial charge is 0.480 e. The highest BCUT2D eigenvalue weighted by Crippen LogP contribution is 2.25. The minimum atomic E-state index is -0.953. The highest BCUT2D eigenvalue weighted by molar-refractivity contribution is 7.99. The number of thiophene rings is 1. The van der Waals surface area contributed by atoms with E-state index in [9.17, 15) is 9.59 Å². The predicted octanol–water partition coefficient (Wildman–Crippen LogP) is 2.41. The summed E-state index contributed by atoms with van der Waals surface area (Å²) in [4.78, 5) is 27.2. The molecule has 0 aromatic carbocycles. The van der Waals surface area contributed by atoms with E-state index < -0.39 is 12.0 Å². The Morgan fingerprint density at radius 1 is 1.58 bits per heavy atom. The monoisotopic (exact) mass is 320 g/mol. The number of nitrogens with zero attached hydrogens (tertiary/aromatic N) is 2. The lowest BCUT2D eigenvalue weighted by atomic mass is 10.3. The summed E-state index contributed by atoms with van der Waals surface area (Å²) in [5.41, 5.74) is 0. The quantitative estimate of drug-likeness (QED) is 0.929. The number of carboxylic acids is 1. The first kappa shape index (κ1) is 14.5. The molecule has 2 rings (SSSR count). The Morgan fingerprint density at radius 3 is 2.89 bits per heavy atom. The van der Waals surface area contributed by atoms with Crippen molar-refractivity contribution in [3.8, 4) is 0 Å². The van der Waals surface area contributed by atoms with Gasteiger partial charge >= 0.3 is 12.0 Å². The van der Waals surface area contributed by atoms with Gasteiger partial charge in [0.1, 0.15) is 6.04 Å². The van der Waals surface area contributed by atoms with E-state index in [1.54, 1.807) is 13.1 Å². The van der Waals surface area contributed by atoms with Crippen LogP contribution in [0.5, 0.6) is 0 Å². The van der Waals surface area contributed by atoms with Crippen molar-refractivity contribution >= 4 is 46.7 Å². The van der Waals surface area contributed by atoms with Crippen LogP contribution in [0.2, 0.25) is 4.34 Å². The number of hydrogen-bond donors (Lipinski definition) is 1. The highest BCUT2D eigenvalue weighted by Gasteiger charge is 2.35. The molecule has 0 bridgehead atoms. The van der Waals surface area contributed by atoms with Crippen LogP contribution in [-0.2, 0) is 11.3 Å². The lowest BCUT2D eigenvalue weighted by molar-refractivity contribution is -0.140. The highest BCUT2D eigenvalue weighted by atomic mass is 35.5. The Bertz CT molecular complexity index is 494. The smallest absolute Gasteiger partial charge is 0.327 e. The fraction of sp³-hybridized carbons (Fsp3) is 0.455. The number of halogens is 1. The number of rotatable bonds is 3. The maximum atomic E-state index is 12.2. The van der Waals surface area contributed by atoms with Crippen LogP contribution in [0.1, 0.15) is 4.88 Å². The number of carbonyl (C=O) groups is 2. The van der Waals surface area contributed by atoms with Crippen molar-refractivity contribution in [3.63, 3.8) is 0 Å². The molecule has 0 saturated carbocycles. The summed E-state index contributed by atoms with van der Waals surface area (Å²) in [7, 11) is 1.66. The zero-order valence-corrected chi connectivity index (χ0v) is 12.6. The first-order valence-corrected chi connectivity index (χ1v) is 7.90. The number of thioether (sulfide) groups is 1. The minimum Gasteiger partial charge on any atom is -0.480 e. The van der Waals surface area contributed by atoms with Gasteiger partial charge in [0.2, 0.25) is 0 Å². The fourth-order valence-corrected chi connectivity index (χ4v) is 4.07. The first-order chi connectivity index (χ1) is 8.99. The van der Waals surface area contributed by atoms with E-state index in [1.165, 1.54) is 32.9 Å². The summed E-state index contributed by atoms with van der Waals surface area (Å²) < 4.78 is 0.677. The van der Waals surface area contributed by atoms with Crippen molar-refractivity contribution in [1.29, 1.82) is 0 Å². The first-order valence-electron chi connectivity index (χ1n) is 5.55. The SMILES string of the molecule is CN(Cc1ccc(Cl)s1)C(=O)N1CSC[C@H]1C(=O)O. The number of aliphatic carboxylic acids is 1. The summed E-state index contributed by atoms with van der Waals surface area (Å²) in [6.45, 7) is 0.434. The zero-order chi connectivity index (χ0) is 14.0. The molecule has 1 atom stereocenters. The van der Waals surface area contributed by atoms with Crippen LogP contribution < -0.4 is 0 Å². The van der Waals surface area contributed by atoms with Crippen molar-refractivity contribution in [2.75, 3.05) is 18.7 Å². The Hall–Kier alpha value is -0.920. The van der Waals surface area contributed by atoms with Crippen molar-refractivity contribution in [1.82, 2.24) is 9.80 Å². The van der Waals surface area contributed by atoms with Crippen molar-refractivity contribution in [2.24, 2.45) is 0 Å². The number of carboxylic acid groups (broad SMARTS) is 1. The van der Waals surface area contributed by atoms with Crippen LogP contribution in [0, 0.1) is 0 Å². The predicted molar refractivity (Wildman–Crippen MR) is 76.8 cm³/mol. The molecule has 1 fully saturated rings. The molecule has 1 saturated heterocycles. The van der Waals surface area contributed by atoms with Gasteiger partial charge in [0, 0.05) is 17.7 Å². The van der Waals surface area contributed by atoms with Crippen LogP contribution >= 0.6 is 34.7 Å². The average Bonchev–Trinajstić information content (AvgIpc) is 2.97. The Morgan fingerprint density at radius 2 is 2.32 bits per heavy atom. The molecule has 5 nitrogen and oxygen atoms in total. The number of carbonyl (C=O) groups excluding carboxylic acids is 1. The maximum absolute atomic E-state index is 12.2. The van der Waals surface area contributed by atoms with E-state index >= 15 is 0 Å². The average molecular weight is 321 g/mol. The maximum Gasteiger partial charge on any atom is 0.327 e. The van der Waals surface area contributed by atoms with E-state index in [0.29, 0.717) is 22.5 Å². The summed E-state index contributed by atoms with van der Waals surface area (Å²) in [6.07, 6.45) is 0. The molecular formula is C11H13ClN2O3S2. The molecule has 0 unspecified atom stereocenters. The van der Waals surface area contributed by atoms with Crippen molar-refractivity contribution in [2.45, 2.75) is 12.6 Å². The molecule has 2 amide bonds. The zero-order valence-electron chi connectivity index (χ0n) is 10.2. The Labute approximate surface area is 124 Å². The molecule has 2 heterocycles. The van der Waals surface area contributed by atoms with E-state index in [-0.39, 0.29) is 6.03 Å². The molecule has 19 heavy (non-hydrogen) atoms. The standard InChI is InChI=1S/C11H13ClN2O3S2/c1-13(4-7-2-3-9(12)19-7)11(17)14-6-18-5-8(14)10(15)16/h2-3,8H,4-6H2,1H3,(H,15,16)/t8-/m0/s1. The molecule has 1 aliphatic heterocycles. The van der Waals surface area contributed by atoms with E-state index in [1.807, 2.05) is 6.07 Å². The van der Waals surface area contributed by atoms with Crippen LogP contribution in [0.4, 0.5) is 4.79 Å². The second-order valence-electron chi connectivity index (χ2n) is 4.17. The van der Waals surface area contributed by atoms with Crippen molar-refractivity contribution in [3.05, 3.63) is 21.3 Å². The van der Waals surface area contributed by atoms with Gasteiger partial charge in [-0.15, -0.1) is 23.1 Å². The molecule has 1 aromatic heterocycles. The molecule has 104 valence electrons. The van der Waals surface area contributed by atoms with Gasteiger partial charge < -0.3 is 14.9 Å². The molecule has 1 N–H and O–H groups in total. The lowest BCUT2D eigenvalue weighted by Gasteiger charge is -2.26. The van der Waals surface area contributed by atoms with Gasteiger partial charge in [-0.3, -0.25) is 0 Å². The Balaban J connectivity index is 2.00. The molecule has 1 aliphatic rings. The third-order valence-electron chi connectivity index (χ3n) is 2.76. The summed E-state index contributed by atoms with van der Waals surface area (Å²) in [5, 5.41) is 9.07. The van der Waals surface area contributed by atoms with Crippen molar-refractivity contribution < 1.29 is 14.7 Å². The summed E-state index contributed by atoms with van der Waals surface area (Å²) in [5.74, 6) is -0.0867. The van der Waals surface area contributed by atoms with Gasteiger partial charge in [-0.1, -0.05) is 11.6 Å². The molecule has 0 radical (unpaired) electrons. The third-order valence-corrected chi connectivity index (χ3v) is 4.99. The van der Waals surface area contributed by atoms with Crippen LogP contribution in [0.3, 0.4) is 0 Å². The molecule has 1 aromatic rings. The molecule has 8 heteroatoms. The second-order valence-corrected chi connectivity index (χ2v) is 6.97. The molecule has 0 spiro atoms. The summed E-state index contributed by atoms with van der Waals surface area (Å²) in [6, 6.07) is 2.66. The second kappa shape index (κ2) is 6.02. The van der Waals surface area contributed by atoms with Gasteiger partial charge in [0.05, 0.1) is 16.8 Å². The molecular weight excluding hydrogens is 308 g/mol. The van der Waals surface area contributed by atoms with Gasteiger partial charge in [0.15, 0.2) is 0 Å². The van der Waals surface area contributed by atoms with Gasteiger partial charge in [-0.2, -0.15) is 0 Å². The van der Waals surface area contributed by atoms with E-state index in [2.05, 4.69) is 0 Å². The fourth-order valence-electron chi connectivity index (χ4n) is 1.79. The molecule has 0 aliphatic carbocycles. The summed E-state index contributed by atoms with van der Waals surface area (Å²) >= 11 is 8.71.